The summed E-state index contributed by atoms with van der Waals surface area (Å²) >= 11 is 1.49. The number of nitriles is 1. The molecule has 3 aliphatic carbocycles. The number of carbonyl (C=O) groups is 1. The van der Waals surface area contributed by atoms with E-state index in [1.165, 1.54) is 24.0 Å². The van der Waals surface area contributed by atoms with Crippen molar-refractivity contribution >= 4 is 33.8 Å². The van der Waals surface area contributed by atoms with Crippen LogP contribution >= 0.6 is 11.3 Å². The molecule has 9 nitrogen and oxygen atoms in total. The molecule has 5 atom stereocenters. The highest BCUT2D eigenvalue weighted by Crippen LogP contribution is 2.63. The van der Waals surface area contributed by atoms with Gasteiger partial charge in [0, 0.05) is 28.5 Å². The van der Waals surface area contributed by atoms with E-state index in [9.17, 15) is 10.1 Å². The molecule has 1 heterocycles. The molecule has 2 aromatic rings. The molecule has 0 radical (unpaired) electrons. The van der Waals surface area contributed by atoms with Crippen molar-refractivity contribution in [3.63, 3.8) is 0 Å². The van der Waals surface area contributed by atoms with Crippen molar-refractivity contribution in [1.82, 2.24) is 4.98 Å². The van der Waals surface area contributed by atoms with E-state index < -0.39 is 0 Å². The minimum absolute atomic E-state index is 0.00263. The lowest BCUT2D eigenvalue weighted by atomic mass is 9.53. The maximum Gasteiger partial charge on any atom is 0.226 e. The Hall–Kier alpha value is -3.45. The average molecular weight is 578 g/mol. The van der Waals surface area contributed by atoms with Crippen LogP contribution < -0.4 is 10.1 Å². The lowest BCUT2D eigenvalue weighted by molar-refractivity contribution is -0.116. The summed E-state index contributed by atoms with van der Waals surface area (Å²) in [4.78, 5) is 28.7. The highest BCUT2D eigenvalue weighted by atomic mass is 32.1. The molecule has 0 spiro atoms. The topological polar surface area (TPSA) is 118 Å². The van der Waals surface area contributed by atoms with Crippen molar-refractivity contribution in [3.05, 3.63) is 39.4 Å². The number of ether oxygens (including phenoxy) is 1. The number of aryl methyl sites for hydroxylation is 1. The zero-order valence-electron chi connectivity index (χ0n) is 24.7. The number of rotatable bonds is 8. The lowest BCUT2D eigenvalue weighted by Crippen LogP contribution is -2.44. The van der Waals surface area contributed by atoms with Gasteiger partial charge in [-0.15, -0.1) is 11.3 Å². The Morgan fingerprint density at radius 2 is 2.10 bits per heavy atom. The number of hydrogen-bond acceptors (Lipinski definition) is 9. The normalized spacial score (nSPS) is 27.8. The Morgan fingerprint density at radius 1 is 1.29 bits per heavy atom. The van der Waals surface area contributed by atoms with Crippen LogP contribution in [0.2, 0.25) is 0 Å². The van der Waals surface area contributed by atoms with Gasteiger partial charge in [-0.3, -0.25) is 4.79 Å². The highest BCUT2D eigenvalue weighted by molar-refractivity contribution is 7.15. The molecule has 0 aliphatic heterocycles. The van der Waals surface area contributed by atoms with E-state index in [0.29, 0.717) is 52.2 Å². The summed E-state index contributed by atoms with van der Waals surface area (Å²) in [5, 5.41) is 22.5. The van der Waals surface area contributed by atoms with Crippen LogP contribution in [0.1, 0.15) is 85.4 Å². The van der Waals surface area contributed by atoms with E-state index >= 15 is 0 Å². The van der Waals surface area contributed by atoms with Crippen LogP contribution in [0.3, 0.4) is 0 Å². The second kappa shape index (κ2) is 11.8. The number of thiazole rings is 1. The van der Waals surface area contributed by atoms with Crippen molar-refractivity contribution in [1.29, 1.82) is 5.26 Å². The Morgan fingerprint density at radius 3 is 2.76 bits per heavy atom. The minimum Gasteiger partial charge on any atom is -0.495 e. The van der Waals surface area contributed by atoms with Gasteiger partial charge in [0.2, 0.25) is 5.91 Å². The van der Waals surface area contributed by atoms with E-state index in [1.807, 2.05) is 13.8 Å². The van der Waals surface area contributed by atoms with Gasteiger partial charge in [0.05, 0.1) is 24.1 Å². The molecule has 3 aliphatic rings. The summed E-state index contributed by atoms with van der Waals surface area (Å²) in [6.45, 7) is 6.20. The van der Waals surface area contributed by atoms with Gasteiger partial charge in [0.15, 0.2) is 5.13 Å². The second-order valence-corrected chi connectivity index (χ2v) is 12.9. The van der Waals surface area contributed by atoms with Crippen LogP contribution in [0.15, 0.2) is 22.6 Å². The quantitative estimate of drug-likeness (QED) is 0.295. The maximum absolute atomic E-state index is 12.9. The molecule has 218 valence electrons. The second-order valence-electron chi connectivity index (χ2n) is 11.7. The van der Waals surface area contributed by atoms with Gasteiger partial charge in [-0.2, -0.15) is 5.26 Å². The SMILES string of the molecule is CO/N=C(\C)c1cc2c(c(C#N)c1OC)CCC1C2CC[C@]2(C)/C(=N/OC)C[C@@H](CCC(=O)Nc3ncc(C)s3)C12. The number of carbonyl (C=O) groups excluding carboxylic acids is 1. The van der Waals surface area contributed by atoms with Crippen LogP contribution in [-0.2, 0) is 20.9 Å². The largest absolute Gasteiger partial charge is 0.495 e. The fourth-order valence-corrected chi connectivity index (χ4v) is 8.69. The summed E-state index contributed by atoms with van der Waals surface area (Å²) in [7, 11) is 4.75. The molecular weight excluding hydrogens is 538 g/mol. The summed E-state index contributed by atoms with van der Waals surface area (Å²) in [5.74, 6) is 1.97. The van der Waals surface area contributed by atoms with Crippen molar-refractivity contribution in [2.24, 2.45) is 33.5 Å². The molecule has 1 N–H and O–H groups in total. The minimum atomic E-state index is -0.0803. The molecular formula is C31H39N5O4S. The van der Waals surface area contributed by atoms with Crippen molar-refractivity contribution in [2.45, 2.75) is 71.6 Å². The van der Waals surface area contributed by atoms with Crippen molar-refractivity contribution < 1.29 is 19.2 Å². The molecule has 10 heteroatoms. The van der Waals surface area contributed by atoms with Crippen molar-refractivity contribution in [2.75, 3.05) is 26.6 Å². The predicted molar refractivity (Wildman–Crippen MR) is 160 cm³/mol. The fraction of sp³-hybridized carbons (Fsp3) is 0.581. The summed E-state index contributed by atoms with van der Waals surface area (Å²) in [6.07, 6.45) is 7.63. The molecule has 2 saturated carbocycles. The van der Waals surface area contributed by atoms with Gasteiger partial charge in [-0.05, 0) is 93.2 Å². The van der Waals surface area contributed by atoms with Crippen LogP contribution in [0.25, 0.3) is 0 Å². The molecule has 5 rings (SSSR count). The third-order valence-corrected chi connectivity index (χ3v) is 10.4. The predicted octanol–water partition coefficient (Wildman–Crippen LogP) is 6.21. The number of nitrogens with zero attached hydrogens (tertiary/aromatic N) is 4. The fourth-order valence-electron chi connectivity index (χ4n) is 8.01. The third kappa shape index (κ3) is 5.21. The van der Waals surface area contributed by atoms with Crippen LogP contribution in [-0.4, -0.2) is 43.6 Å². The first-order valence-electron chi connectivity index (χ1n) is 14.3. The summed E-state index contributed by atoms with van der Waals surface area (Å²) in [5.41, 5.74) is 5.46. The molecule has 0 saturated heterocycles. The molecule has 1 amide bonds. The zero-order chi connectivity index (χ0) is 29.3. The van der Waals surface area contributed by atoms with E-state index in [-0.39, 0.29) is 11.3 Å². The molecule has 2 fully saturated rings. The monoisotopic (exact) mass is 577 g/mol. The van der Waals surface area contributed by atoms with Crippen LogP contribution in [0, 0.1) is 41.4 Å². The first kappa shape index (κ1) is 29.1. The Balaban J connectivity index is 1.48. The number of oxime groups is 2. The molecule has 1 aromatic carbocycles. The van der Waals surface area contributed by atoms with Gasteiger partial charge in [-0.1, -0.05) is 17.2 Å². The number of amides is 1. The molecule has 41 heavy (non-hydrogen) atoms. The molecule has 3 unspecified atom stereocenters. The Bertz CT molecular complexity index is 1430. The third-order valence-electron chi connectivity index (χ3n) is 9.61. The van der Waals surface area contributed by atoms with E-state index in [2.05, 4.69) is 39.7 Å². The van der Waals surface area contributed by atoms with E-state index in [0.717, 1.165) is 60.2 Å². The van der Waals surface area contributed by atoms with Crippen molar-refractivity contribution in [3.8, 4) is 11.8 Å². The van der Waals surface area contributed by atoms with Gasteiger partial charge in [-0.25, -0.2) is 4.98 Å². The summed E-state index contributed by atoms with van der Waals surface area (Å²) in [6, 6.07) is 4.63. The summed E-state index contributed by atoms with van der Waals surface area (Å²) < 4.78 is 5.75. The maximum atomic E-state index is 12.9. The van der Waals surface area contributed by atoms with Gasteiger partial charge >= 0.3 is 0 Å². The number of anilines is 1. The smallest absolute Gasteiger partial charge is 0.226 e. The number of benzene rings is 1. The Labute approximate surface area is 246 Å². The van der Waals surface area contributed by atoms with Gasteiger partial charge in [0.25, 0.3) is 0 Å². The number of nitrogens with one attached hydrogen (secondary N) is 1. The Kier molecular flexibility index (Phi) is 8.37. The van der Waals surface area contributed by atoms with Gasteiger partial charge in [0.1, 0.15) is 26.0 Å². The van der Waals surface area contributed by atoms with Crippen LogP contribution in [0.4, 0.5) is 5.13 Å². The number of methoxy groups -OCH3 is 1. The number of aromatic nitrogens is 1. The first-order valence-corrected chi connectivity index (χ1v) is 15.1. The number of fused-ring (bicyclic) bond motifs is 5. The van der Waals surface area contributed by atoms with Crippen LogP contribution in [0.5, 0.6) is 5.75 Å². The lowest BCUT2D eigenvalue weighted by Gasteiger charge is -2.50. The number of hydrogen-bond donors (Lipinski definition) is 1. The molecule has 1 aromatic heterocycles. The standard InChI is InChI=1S/C31H39N5O4S/c1-17-16-33-30(41-17)34-27(37)10-7-19-13-26(36-40-6)31(3)12-11-21-22(28(19)31)9-8-20-24(21)14-23(18(2)35-39-5)29(38-4)25(20)15-32/h14,16,19,21-22,28H,7-13H2,1-6H3,(H,33,34,37)/b35-18+,36-26+/t19-,21?,22?,28?,31-/m1/s1. The zero-order valence-corrected chi connectivity index (χ0v) is 25.6. The average Bonchev–Trinajstić information content (AvgIpc) is 3.49. The van der Waals surface area contributed by atoms with Gasteiger partial charge < -0.3 is 19.7 Å². The highest BCUT2D eigenvalue weighted by Gasteiger charge is 2.58. The molecule has 0 bridgehead atoms. The first-order chi connectivity index (χ1) is 19.7. The van der Waals surface area contributed by atoms with E-state index in [4.69, 9.17) is 14.4 Å². The van der Waals surface area contributed by atoms with E-state index in [1.54, 1.807) is 20.4 Å².